The molecule has 0 radical (unpaired) electrons. The third-order valence-corrected chi connectivity index (χ3v) is 4.69. The molecule has 124 valence electrons. The summed E-state index contributed by atoms with van der Waals surface area (Å²) in [4.78, 5) is 26.4. The molecule has 2 heterocycles. The van der Waals surface area contributed by atoms with Crippen molar-refractivity contribution in [3.8, 4) is 0 Å². The Morgan fingerprint density at radius 1 is 1.35 bits per heavy atom. The molecular formula is C18H25N3O2. The first-order valence-corrected chi connectivity index (χ1v) is 8.57. The fraction of sp³-hybridized carbons (Fsp3) is 0.556. The van der Waals surface area contributed by atoms with Gasteiger partial charge in [-0.2, -0.15) is 0 Å². The molecule has 0 aromatic heterocycles. The van der Waals surface area contributed by atoms with Gasteiger partial charge >= 0.3 is 0 Å². The average Bonchev–Trinajstić information content (AvgIpc) is 3.18. The number of rotatable bonds is 5. The Morgan fingerprint density at radius 3 is 2.78 bits per heavy atom. The molecule has 2 atom stereocenters. The third-order valence-electron chi connectivity index (χ3n) is 4.69. The van der Waals surface area contributed by atoms with E-state index < -0.39 is 0 Å². The van der Waals surface area contributed by atoms with Crippen LogP contribution in [-0.4, -0.2) is 37.5 Å². The molecule has 1 aromatic carbocycles. The number of nitrogens with one attached hydrogen (secondary N) is 2. The maximum atomic E-state index is 12.3. The molecule has 3 rings (SSSR count). The SMILES string of the molecule is CCCc1ccc(N2CC(C(=O)NC3CCNC3)CC2=O)cc1. The van der Waals surface area contributed by atoms with E-state index in [1.54, 1.807) is 4.90 Å². The molecule has 0 bridgehead atoms. The Hall–Kier alpha value is -1.88. The Labute approximate surface area is 137 Å². The first kappa shape index (κ1) is 16.0. The summed E-state index contributed by atoms with van der Waals surface area (Å²) in [7, 11) is 0. The van der Waals surface area contributed by atoms with Gasteiger partial charge in [-0.1, -0.05) is 25.5 Å². The minimum atomic E-state index is -0.238. The zero-order chi connectivity index (χ0) is 16.2. The van der Waals surface area contributed by atoms with Crippen LogP contribution < -0.4 is 15.5 Å². The lowest BCUT2D eigenvalue weighted by Gasteiger charge is -2.18. The van der Waals surface area contributed by atoms with E-state index in [-0.39, 0.29) is 23.8 Å². The van der Waals surface area contributed by atoms with Crippen LogP contribution in [0.25, 0.3) is 0 Å². The smallest absolute Gasteiger partial charge is 0.227 e. The quantitative estimate of drug-likeness (QED) is 0.865. The van der Waals surface area contributed by atoms with E-state index in [0.29, 0.717) is 13.0 Å². The lowest BCUT2D eigenvalue weighted by Crippen LogP contribution is -2.40. The van der Waals surface area contributed by atoms with Gasteiger partial charge < -0.3 is 15.5 Å². The molecule has 5 heteroatoms. The van der Waals surface area contributed by atoms with Gasteiger partial charge in [0.05, 0.1) is 5.92 Å². The second-order valence-electron chi connectivity index (χ2n) is 6.52. The minimum absolute atomic E-state index is 0.0113. The van der Waals surface area contributed by atoms with E-state index in [4.69, 9.17) is 0 Å². The number of carbonyl (C=O) groups excluding carboxylic acids is 2. The second-order valence-corrected chi connectivity index (χ2v) is 6.52. The van der Waals surface area contributed by atoms with Crippen molar-refractivity contribution in [3.05, 3.63) is 29.8 Å². The summed E-state index contributed by atoms with van der Waals surface area (Å²) in [5, 5.41) is 6.29. The van der Waals surface area contributed by atoms with E-state index in [1.807, 2.05) is 12.1 Å². The molecule has 2 aliphatic rings. The second kappa shape index (κ2) is 7.13. The van der Waals surface area contributed by atoms with Crippen LogP contribution in [0.2, 0.25) is 0 Å². The summed E-state index contributed by atoms with van der Waals surface area (Å²) >= 11 is 0. The Kier molecular flexibility index (Phi) is 4.96. The number of hydrogen-bond donors (Lipinski definition) is 2. The van der Waals surface area contributed by atoms with E-state index in [2.05, 4.69) is 29.7 Å². The molecule has 0 spiro atoms. The van der Waals surface area contributed by atoms with Crippen molar-refractivity contribution in [1.82, 2.24) is 10.6 Å². The maximum absolute atomic E-state index is 12.3. The Bertz CT molecular complexity index is 564. The molecular weight excluding hydrogens is 290 g/mol. The molecule has 2 N–H and O–H groups in total. The molecule has 23 heavy (non-hydrogen) atoms. The topological polar surface area (TPSA) is 61.4 Å². The monoisotopic (exact) mass is 315 g/mol. The summed E-state index contributed by atoms with van der Waals surface area (Å²) in [5.41, 5.74) is 2.18. The van der Waals surface area contributed by atoms with Crippen LogP contribution in [0.3, 0.4) is 0 Å². The molecule has 2 aliphatic heterocycles. The molecule has 2 saturated heterocycles. The number of benzene rings is 1. The van der Waals surface area contributed by atoms with Crippen molar-refractivity contribution in [2.24, 2.45) is 5.92 Å². The minimum Gasteiger partial charge on any atom is -0.352 e. The van der Waals surface area contributed by atoms with Gasteiger partial charge in [0.15, 0.2) is 0 Å². The summed E-state index contributed by atoms with van der Waals surface area (Å²) in [6.45, 7) is 4.42. The van der Waals surface area contributed by atoms with Crippen LogP contribution in [-0.2, 0) is 16.0 Å². The van der Waals surface area contributed by atoms with Crippen LogP contribution in [0.15, 0.2) is 24.3 Å². The lowest BCUT2D eigenvalue weighted by molar-refractivity contribution is -0.126. The molecule has 0 aliphatic carbocycles. The standard InChI is InChI=1S/C18H25N3O2/c1-2-3-13-4-6-16(7-5-13)21-12-14(10-17(21)22)18(23)20-15-8-9-19-11-15/h4-7,14-15,19H,2-3,8-12H2,1H3,(H,20,23). The van der Waals surface area contributed by atoms with Gasteiger partial charge in [0.2, 0.25) is 11.8 Å². The normalized spacial score (nSPS) is 24.2. The van der Waals surface area contributed by atoms with Gasteiger partial charge in [-0.15, -0.1) is 0 Å². The summed E-state index contributed by atoms with van der Waals surface area (Å²) in [5.74, 6) is -0.187. The first-order valence-electron chi connectivity index (χ1n) is 8.57. The van der Waals surface area contributed by atoms with Crippen LogP contribution >= 0.6 is 0 Å². The molecule has 5 nitrogen and oxygen atoms in total. The Balaban J connectivity index is 1.61. The van der Waals surface area contributed by atoms with Crippen molar-refractivity contribution in [2.75, 3.05) is 24.5 Å². The van der Waals surface area contributed by atoms with E-state index in [9.17, 15) is 9.59 Å². The zero-order valence-corrected chi connectivity index (χ0v) is 13.7. The fourth-order valence-corrected chi connectivity index (χ4v) is 3.36. The van der Waals surface area contributed by atoms with Crippen molar-refractivity contribution in [3.63, 3.8) is 0 Å². The van der Waals surface area contributed by atoms with Crippen molar-refractivity contribution < 1.29 is 9.59 Å². The fourth-order valence-electron chi connectivity index (χ4n) is 3.36. The van der Waals surface area contributed by atoms with Gasteiger partial charge in [0.1, 0.15) is 0 Å². The number of hydrogen-bond acceptors (Lipinski definition) is 3. The molecule has 2 fully saturated rings. The molecule has 2 amide bonds. The van der Waals surface area contributed by atoms with Gasteiger partial charge in [-0.3, -0.25) is 9.59 Å². The highest BCUT2D eigenvalue weighted by atomic mass is 16.2. The number of aryl methyl sites for hydroxylation is 1. The van der Waals surface area contributed by atoms with Gasteiger partial charge in [-0.25, -0.2) is 0 Å². The largest absolute Gasteiger partial charge is 0.352 e. The van der Waals surface area contributed by atoms with Gasteiger partial charge in [-0.05, 0) is 37.1 Å². The van der Waals surface area contributed by atoms with Crippen LogP contribution in [0.1, 0.15) is 31.7 Å². The van der Waals surface area contributed by atoms with Gasteiger partial charge in [0.25, 0.3) is 0 Å². The van der Waals surface area contributed by atoms with Crippen molar-refractivity contribution >= 4 is 17.5 Å². The van der Waals surface area contributed by atoms with Crippen LogP contribution in [0.5, 0.6) is 0 Å². The average molecular weight is 315 g/mol. The van der Waals surface area contributed by atoms with Crippen LogP contribution in [0.4, 0.5) is 5.69 Å². The van der Waals surface area contributed by atoms with Crippen LogP contribution in [0, 0.1) is 5.92 Å². The number of anilines is 1. The highest BCUT2D eigenvalue weighted by Crippen LogP contribution is 2.26. The summed E-state index contributed by atoms with van der Waals surface area (Å²) in [6.07, 6.45) is 3.44. The maximum Gasteiger partial charge on any atom is 0.227 e. The predicted molar refractivity (Wildman–Crippen MR) is 90.3 cm³/mol. The van der Waals surface area contributed by atoms with Crippen molar-refractivity contribution in [1.29, 1.82) is 0 Å². The van der Waals surface area contributed by atoms with Gasteiger partial charge in [0, 0.05) is 31.2 Å². The van der Waals surface area contributed by atoms with E-state index in [1.165, 1.54) is 5.56 Å². The number of nitrogens with zero attached hydrogens (tertiary/aromatic N) is 1. The summed E-state index contributed by atoms with van der Waals surface area (Å²) < 4.78 is 0. The Morgan fingerprint density at radius 2 is 2.13 bits per heavy atom. The first-order chi connectivity index (χ1) is 11.2. The molecule has 2 unspecified atom stereocenters. The summed E-state index contributed by atoms with van der Waals surface area (Å²) in [6, 6.07) is 8.33. The van der Waals surface area contributed by atoms with Crippen molar-refractivity contribution in [2.45, 2.75) is 38.6 Å². The van der Waals surface area contributed by atoms with E-state index in [0.717, 1.165) is 38.0 Å². The predicted octanol–water partition coefficient (Wildman–Crippen LogP) is 1.47. The molecule has 0 saturated carbocycles. The zero-order valence-electron chi connectivity index (χ0n) is 13.7. The highest BCUT2D eigenvalue weighted by molar-refractivity contribution is 6.00. The lowest BCUT2D eigenvalue weighted by atomic mass is 10.1. The number of carbonyl (C=O) groups is 2. The third kappa shape index (κ3) is 3.72. The number of amides is 2. The molecule has 1 aromatic rings. The van der Waals surface area contributed by atoms with E-state index >= 15 is 0 Å². The highest BCUT2D eigenvalue weighted by Gasteiger charge is 2.35.